The topological polar surface area (TPSA) is 70.1 Å². The van der Waals surface area contributed by atoms with Crippen molar-refractivity contribution in [1.29, 1.82) is 0 Å². The van der Waals surface area contributed by atoms with Gasteiger partial charge >= 0.3 is 5.97 Å². The number of carbonyl (C=O) groups excluding carboxylic acids is 1. The summed E-state index contributed by atoms with van der Waals surface area (Å²) in [5, 5.41) is 0. The van der Waals surface area contributed by atoms with Crippen LogP contribution in [0.1, 0.15) is 30.3 Å². The molecule has 1 aromatic heterocycles. The first-order valence-electron chi connectivity index (χ1n) is 4.59. The number of aryl methyl sites for hydroxylation is 1. The molecule has 0 aliphatic carbocycles. The number of rotatable bonds is 4. The van der Waals surface area contributed by atoms with E-state index in [2.05, 4.69) is 16.6 Å². The van der Waals surface area contributed by atoms with Gasteiger partial charge in [-0.3, -0.25) is 0 Å². The van der Waals surface area contributed by atoms with Gasteiger partial charge in [-0.1, -0.05) is 13.3 Å². The molecule has 0 bridgehead atoms. The second kappa shape index (κ2) is 4.64. The van der Waals surface area contributed by atoms with Crippen molar-refractivity contribution in [2.75, 3.05) is 12.8 Å². The summed E-state index contributed by atoms with van der Waals surface area (Å²) in [6, 6.07) is 0. The number of carbonyl (C=O) groups is 1. The number of nitrogens with zero attached hydrogens (tertiary/aromatic N) is 2. The molecule has 1 heterocycles. The Balaban J connectivity index is 2.80. The zero-order chi connectivity index (χ0) is 10.6. The summed E-state index contributed by atoms with van der Waals surface area (Å²) in [5.74, 6) is -0.108. The van der Waals surface area contributed by atoms with Gasteiger partial charge in [-0.05, 0) is 6.42 Å². The highest BCUT2D eigenvalue weighted by atomic mass is 16.5. The molecule has 14 heavy (non-hydrogen) atoms. The molecule has 0 saturated heterocycles. The van der Waals surface area contributed by atoms with E-state index in [4.69, 9.17) is 5.73 Å². The van der Waals surface area contributed by atoms with E-state index in [1.807, 2.05) is 0 Å². The Kier molecular flexibility index (Phi) is 3.50. The third kappa shape index (κ3) is 2.04. The van der Waals surface area contributed by atoms with Crippen molar-refractivity contribution in [3.63, 3.8) is 0 Å². The second-order valence-electron chi connectivity index (χ2n) is 3.02. The largest absolute Gasteiger partial charge is 0.464 e. The Morgan fingerprint density at radius 2 is 2.43 bits per heavy atom. The monoisotopic (exact) mass is 197 g/mol. The van der Waals surface area contributed by atoms with Crippen molar-refractivity contribution < 1.29 is 9.53 Å². The van der Waals surface area contributed by atoms with Gasteiger partial charge in [0, 0.05) is 6.54 Å². The van der Waals surface area contributed by atoms with Crippen molar-refractivity contribution in [1.82, 2.24) is 9.55 Å². The van der Waals surface area contributed by atoms with E-state index in [1.54, 1.807) is 10.9 Å². The third-order valence-corrected chi connectivity index (χ3v) is 2.01. The van der Waals surface area contributed by atoms with Gasteiger partial charge < -0.3 is 15.0 Å². The van der Waals surface area contributed by atoms with Crippen LogP contribution in [0, 0.1) is 0 Å². The smallest absolute Gasteiger partial charge is 0.360 e. The van der Waals surface area contributed by atoms with Gasteiger partial charge in [0.15, 0.2) is 5.69 Å². The molecule has 0 fully saturated rings. The Hall–Kier alpha value is -1.52. The number of unbranched alkanes of at least 4 members (excludes halogenated alkanes) is 1. The minimum Gasteiger partial charge on any atom is -0.464 e. The fourth-order valence-corrected chi connectivity index (χ4v) is 1.15. The lowest BCUT2D eigenvalue weighted by atomic mass is 10.3. The number of ether oxygens (including phenoxy) is 1. The SMILES string of the molecule is CCCCn1cnc(C(=O)OC)c1N. The molecular weight excluding hydrogens is 182 g/mol. The molecule has 2 N–H and O–H groups in total. The number of hydrogen-bond donors (Lipinski definition) is 1. The van der Waals surface area contributed by atoms with Crippen LogP contribution in [0.5, 0.6) is 0 Å². The van der Waals surface area contributed by atoms with Crippen molar-refractivity contribution >= 4 is 11.8 Å². The molecule has 0 unspecified atom stereocenters. The molecule has 0 radical (unpaired) electrons. The summed E-state index contributed by atoms with van der Waals surface area (Å²) >= 11 is 0. The lowest BCUT2D eigenvalue weighted by molar-refractivity contribution is 0.0596. The number of nitrogen functional groups attached to an aromatic ring is 1. The minimum absolute atomic E-state index is 0.198. The molecule has 0 amide bonds. The number of esters is 1. The number of anilines is 1. The van der Waals surface area contributed by atoms with E-state index in [-0.39, 0.29) is 5.69 Å². The summed E-state index contributed by atoms with van der Waals surface area (Å²) in [6.07, 6.45) is 3.66. The molecule has 1 rings (SSSR count). The summed E-state index contributed by atoms with van der Waals surface area (Å²) in [4.78, 5) is 15.0. The highest BCUT2D eigenvalue weighted by Crippen LogP contribution is 2.11. The Labute approximate surface area is 82.9 Å². The maximum absolute atomic E-state index is 11.1. The summed E-state index contributed by atoms with van der Waals surface area (Å²) in [6.45, 7) is 2.88. The third-order valence-electron chi connectivity index (χ3n) is 2.01. The summed E-state index contributed by atoms with van der Waals surface area (Å²) in [5.41, 5.74) is 5.92. The molecule has 0 atom stereocenters. The van der Waals surface area contributed by atoms with Gasteiger partial charge in [-0.25, -0.2) is 9.78 Å². The van der Waals surface area contributed by atoms with Crippen LogP contribution in [0.2, 0.25) is 0 Å². The van der Waals surface area contributed by atoms with Gasteiger partial charge in [-0.2, -0.15) is 0 Å². The van der Waals surface area contributed by atoms with E-state index >= 15 is 0 Å². The predicted octanol–water partition coefficient (Wildman–Crippen LogP) is 1.05. The van der Waals surface area contributed by atoms with E-state index in [0.717, 1.165) is 19.4 Å². The number of nitrogens with two attached hydrogens (primary N) is 1. The average molecular weight is 197 g/mol. The predicted molar refractivity (Wildman–Crippen MR) is 52.9 cm³/mol. The normalized spacial score (nSPS) is 10.1. The Bertz CT molecular complexity index is 320. The average Bonchev–Trinajstić information content (AvgIpc) is 2.56. The molecule has 78 valence electrons. The number of hydrogen-bond acceptors (Lipinski definition) is 4. The molecule has 0 spiro atoms. The fraction of sp³-hybridized carbons (Fsp3) is 0.556. The maximum atomic E-state index is 11.1. The fourth-order valence-electron chi connectivity index (χ4n) is 1.15. The van der Waals surface area contributed by atoms with Crippen LogP contribution in [-0.2, 0) is 11.3 Å². The van der Waals surface area contributed by atoms with Crippen LogP contribution in [0.3, 0.4) is 0 Å². The number of aromatic nitrogens is 2. The zero-order valence-corrected chi connectivity index (χ0v) is 8.49. The molecule has 0 saturated carbocycles. The molecule has 5 nitrogen and oxygen atoms in total. The van der Waals surface area contributed by atoms with Crippen LogP contribution in [0.25, 0.3) is 0 Å². The van der Waals surface area contributed by atoms with E-state index in [1.165, 1.54) is 7.11 Å². The van der Waals surface area contributed by atoms with Gasteiger partial charge in [-0.15, -0.1) is 0 Å². The molecule has 1 aromatic rings. The van der Waals surface area contributed by atoms with Crippen molar-refractivity contribution in [2.45, 2.75) is 26.3 Å². The van der Waals surface area contributed by atoms with Gasteiger partial charge in [0.25, 0.3) is 0 Å². The number of imidazole rings is 1. The standard InChI is InChI=1S/C9H15N3O2/c1-3-4-5-12-6-11-7(8(12)10)9(13)14-2/h6H,3-5,10H2,1-2H3. The molecule has 0 aromatic carbocycles. The van der Waals surface area contributed by atoms with Gasteiger partial charge in [0.05, 0.1) is 13.4 Å². The van der Waals surface area contributed by atoms with Crippen molar-refractivity contribution in [3.05, 3.63) is 12.0 Å². The van der Waals surface area contributed by atoms with Crippen molar-refractivity contribution in [3.8, 4) is 0 Å². The highest BCUT2D eigenvalue weighted by Gasteiger charge is 2.15. The van der Waals surface area contributed by atoms with Gasteiger partial charge in [0.1, 0.15) is 5.82 Å². The maximum Gasteiger partial charge on any atom is 0.360 e. The van der Waals surface area contributed by atoms with Crippen LogP contribution in [0.4, 0.5) is 5.82 Å². The lowest BCUT2D eigenvalue weighted by Crippen LogP contribution is -2.08. The molecular formula is C9H15N3O2. The first kappa shape index (κ1) is 10.6. The summed E-state index contributed by atoms with van der Waals surface area (Å²) in [7, 11) is 1.31. The van der Waals surface area contributed by atoms with Crippen LogP contribution >= 0.6 is 0 Å². The van der Waals surface area contributed by atoms with E-state index in [0.29, 0.717) is 5.82 Å². The lowest BCUT2D eigenvalue weighted by Gasteiger charge is -2.03. The zero-order valence-electron chi connectivity index (χ0n) is 8.49. The van der Waals surface area contributed by atoms with Crippen LogP contribution in [0.15, 0.2) is 6.33 Å². The van der Waals surface area contributed by atoms with E-state index < -0.39 is 5.97 Å². The minimum atomic E-state index is -0.488. The number of methoxy groups -OCH3 is 1. The van der Waals surface area contributed by atoms with Crippen LogP contribution in [-0.4, -0.2) is 22.6 Å². The first-order chi connectivity index (χ1) is 6.70. The Morgan fingerprint density at radius 1 is 1.71 bits per heavy atom. The molecule has 0 aliphatic rings. The molecule has 0 aliphatic heterocycles. The van der Waals surface area contributed by atoms with Crippen molar-refractivity contribution in [2.24, 2.45) is 0 Å². The summed E-state index contributed by atoms with van der Waals surface area (Å²) < 4.78 is 6.30. The quantitative estimate of drug-likeness (QED) is 0.732. The second-order valence-corrected chi connectivity index (χ2v) is 3.02. The molecule has 5 heteroatoms. The Morgan fingerprint density at radius 3 is 3.00 bits per heavy atom. The van der Waals surface area contributed by atoms with Crippen LogP contribution < -0.4 is 5.73 Å². The van der Waals surface area contributed by atoms with E-state index in [9.17, 15) is 4.79 Å². The first-order valence-corrected chi connectivity index (χ1v) is 4.59. The van der Waals surface area contributed by atoms with Gasteiger partial charge in [0.2, 0.25) is 0 Å². The highest BCUT2D eigenvalue weighted by molar-refractivity contribution is 5.91.